The van der Waals surface area contributed by atoms with Gasteiger partial charge >= 0.3 is 0 Å². The van der Waals surface area contributed by atoms with Gasteiger partial charge in [-0.25, -0.2) is 9.97 Å². The normalized spacial score (nSPS) is 12.1. The first-order valence-corrected chi connectivity index (χ1v) is 9.41. The first-order chi connectivity index (χ1) is 13.3. The van der Waals surface area contributed by atoms with Crippen molar-refractivity contribution in [3.05, 3.63) is 72.6 Å². The van der Waals surface area contributed by atoms with Gasteiger partial charge in [-0.15, -0.1) is 11.3 Å². The molecule has 2 N–H and O–H groups in total. The van der Waals surface area contributed by atoms with Crippen LogP contribution in [0, 0.1) is 0 Å². The Labute approximate surface area is 161 Å². The van der Waals surface area contributed by atoms with Crippen LogP contribution >= 0.6 is 11.3 Å². The van der Waals surface area contributed by atoms with E-state index in [-0.39, 0.29) is 12.6 Å². The first kappa shape index (κ1) is 17.5. The summed E-state index contributed by atoms with van der Waals surface area (Å²) in [5, 5.41) is 14.1. The van der Waals surface area contributed by atoms with Gasteiger partial charge in [-0.3, -0.25) is 0 Å². The molecule has 5 nitrogen and oxygen atoms in total. The second-order valence-corrected chi connectivity index (χ2v) is 7.10. The molecule has 27 heavy (non-hydrogen) atoms. The van der Waals surface area contributed by atoms with Crippen molar-refractivity contribution in [1.29, 1.82) is 0 Å². The number of benzene rings is 2. The van der Waals surface area contributed by atoms with Crippen LogP contribution in [0.1, 0.15) is 11.6 Å². The molecule has 0 saturated heterocycles. The van der Waals surface area contributed by atoms with Gasteiger partial charge in [0.15, 0.2) is 0 Å². The summed E-state index contributed by atoms with van der Waals surface area (Å²) in [6.45, 7) is -0.0228. The predicted octanol–water partition coefficient (Wildman–Crippen LogP) is 4.51. The predicted molar refractivity (Wildman–Crippen MR) is 109 cm³/mol. The standard InChI is InChI=1S/C21H19N3O2S/c1-26-16-9-7-15(8-10-16)19-11-17-20(22-13-23-21(17)27-19)24-18(12-25)14-5-3-2-4-6-14/h2-11,13,18,25H,12H2,1H3,(H,22,23,24)/t18-/m1/s1. The highest BCUT2D eigenvalue weighted by Gasteiger charge is 2.15. The molecule has 0 spiro atoms. The first-order valence-electron chi connectivity index (χ1n) is 8.60. The van der Waals surface area contributed by atoms with E-state index in [2.05, 4.69) is 21.4 Å². The van der Waals surface area contributed by atoms with Crippen molar-refractivity contribution < 1.29 is 9.84 Å². The highest BCUT2D eigenvalue weighted by atomic mass is 32.1. The highest BCUT2D eigenvalue weighted by Crippen LogP contribution is 2.36. The zero-order chi connectivity index (χ0) is 18.6. The molecular formula is C21H19N3O2S. The second kappa shape index (κ2) is 7.73. The monoisotopic (exact) mass is 377 g/mol. The fraction of sp³-hybridized carbons (Fsp3) is 0.143. The number of anilines is 1. The molecule has 0 aliphatic carbocycles. The van der Waals surface area contributed by atoms with Crippen molar-refractivity contribution in [2.24, 2.45) is 0 Å². The Morgan fingerprint density at radius 2 is 1.85 bits per heavy atom. The summed E-state index contributed by atoms with van der Waals surface area (Å²) < 4.78 is 5.23. The highest BCUT2D eigenvalue weighted by molar-refractivity contribution is 7.21. The zero-order valence-corrected chi connectivity index (χ0v) is 15.6. The Kier molecular flexibility index (Phi) is 5.00. The summed E-state index contributed by atoms with van der Waals surface area (Å²) in [6.07, 6.45) is 1.55. The van der Waals surface area contributed by atoms with Crippen LogP contribution in [0.25, 0.3) is 20.7 Å². The van der Waals surface area contributed by atoms with Gasteiger partial charge in [-0.05, 0) is 41.5 Å². The summed E-state index contributed by atoms with van der Waals surface area (Å²) in [4.78, 5) is 10.8. The van der Waals surface area contributed by atoms with Gasteiger partial charge in [0, 0.05) is 4.88 Å². The molecule has 0 amide bonds. The molecule has 0 fully saturated rings. The number of aromatic nitrogens is 2. The number of fused-ring (bicyclic) bond motifs is 1. The number of hydrogen-bond donors (Lipinski definition) is 2. The van der Waals surface area contributed by atoms with Gasteiger partial charge in [0.05, 0.1) is 25.1 Å². The van der Waals surface area contributed by atoms with Crippen LogP contribution in [-0.4, -0.2) is 28.8 Å². The van der Waals surface area contributed by atoms with Crippen molar-refractivity contribution in [2.45, 2.75) is 6.04 Å². The summed E-state index contributed by atoms with van der Waals surface area (Å²) in [5.74, 6) is 1.55. The molecule has 0 saturated carbocycles. The quantitative estimate of drug-likeness (QED) is 0.517. The van der Waals surface area contributed by atoms with Gasteiger partial charge in [-0.1, -0.05) is 30.3 Å². The second-order valence-electron chi connectivity index (χ2n) is 6.07. The van der Waals surface area contributed by atoms with Crippen LogP contribution in [0.3, 0.4) is 0 Å². The Morgan fingerprint density at radius 1 is 1.07 bits per heavy atom. The van der Waals surface area contributed by atoms with Crippen molar-refractivity contribution in [3.63, 3.8) is 0 Å². The molecule has 0 aliphatic rings. The number of ether oxygens (including phenoxy) is 1. The van der Waals surface area contributed by atoms with E-state index < -0.39 is 0 Å². The van der Waals surface area contributed by atoms with Crippen molar-refractivity contribution in [2.75, 3.05) is 19.0 Å². The number of aliphatic hydroxyl groups is 1. The number of nitrogens with zero attached hydrogens (tertiary/aromatic N) is 2. The fourth-order valence-electron chi connectivity index (χ4n) is 2.95. The van der Waals surface area contributed by atoms with Crippen LogP contribution in [-0.2, 0) is 0 Å². The molecule has 4 rings (SSSR count). The maximum Gasteiger partial charge on any atom is 0.138 e. The van der Waals surface area contributed by atoms with Crippen molar-refractivity contribution in [1.82, 2.24) is 9.97 Å². The molecule has 2 heterocycles. The van der Waals surface area contributed by atoms with E-state index in [1.165, 1.54) is 0 Å². The summed E-state index contributed by atoms with van der Waals surface area (Å²) >= 11 is 1.61. The Morgan fingerprint density at radius 3 is 2.56 bits per heavy atom. The van der Waals surface area contributed by atoms with Gasteiger partial charge in [0.1, 0.15) is 22.7 Å². The minimum atomic E-state index is -0.228. The molecule has 1 atom stereocenters. The zero-order valence-electron chi connectivity index (χ0n) is 14.8. The van der Waals surface area contributed by atoms with Crippen LogP contribution in [0.4, 0.5) is 5.82 Å². The van der Waals surface area contributed by atoms with Crippen LogP contribution in [0.5, 0.6) is 5.75 Å². The third kappa shape index (κ3) is 3.63. The van der Waals surface area contributed by atoms with Crippen LogP contribution < -0.4 is 10.1 Å². The van der Waals surface area contributed by atoms with E-state index >= 15 is 0 Å². The maximum absolute atomic E-state index is 9.83. The van der Waals surface area contributed by atoms with E-state index in [0.717, 1.165) is 37.8 Å². The third-order valence-electron chi connectivity index (χ3n) is 4.40. The molecule has 2 aromatic heterocycles. The Bertz CT molecular complexity index is 1030. The minimum absolute atomic E-state index is 0.0228. The fourth-order valence-corrected chi connectivity index (χ4v) is 3.96. The topological polar surface area (TPSA) is 67.3 Å². The average molecular weight is 377 g/mol. The molecular weight excluding hydrogens is 358 g/mol. The van der Waals surface area contributed by atoms with Gasteiger partial charge in [-0.2, -0.15) is 0 Å². The lowest BCUT2D eigenvalue weighted by molar-refractivity contribution is 0.276. The molecule has 2 aromatic carbocycles. The van der Waals surface area contributed by atoms with Crippen LogP contribution in [0.15, 0.2) is 67.0 Å². The van der Waals surface area contributed by atoms with Crippen LogP contribution in [0.2, 0.25) is 0 Å². The lowest BCUT2D eigenvalue weighted by atomic mass is 10.1. The van der Waals surface area contributed by atoms with E-state index in [9.17, 15) is 5.11 Å². The van der Waals surface area contributed by atoms with Gasteiger partial charge < -0.3 is 15.2 Å². The van der Waals surface area contributed by atoms with Gasteiger partial charge in [0.25, 0.3) is 0 Å². The Hall–Kier alpha value is -2.96. The van der Waals surface area contributed by atoms with Gasteiger partial charge in [0.2, 0.25) is 0 Å². The molecule has 0 bridgehead atoms. The number of methoxy groups -OCH3 is 1. The smallest absolute Gasteiger partial charge is 0.138 e. The molecule has 0 aliphatic heterocycles. The summed E-state index contributed by atoms with van der Waals surface area (Å²) in [5.41, 5.74) is 2.11. The number of hydrogen-bond acceptors (Lipinski definition) is 6. The summed E-state index contributed by atoms with van der Waals surface area (Å²) in [7, 11) is 1.66. The molecule has 6 heteroatoms. The molecule has 0 unspecified atom stereocenters. The average Bonchev–Trinajstić information content (AvgIpc) is 3.18. The van der Waals surface area contributed by atoms with Crippen molar-refractivity contribution >= 4 is 27.4 Å². The lowest BCUT2D eigenvalue weighted by Crippen LogP contribution is -2.15. The van der Waals surface area contributed by atoms with E-state index in [0.29, 0.717) is 0 Å². The minimum Gasteiger partial charge on any atom is -0.497 e. The molecule has 0 radical (unpaired) electrons. The van der Waals surface area contributed by atoms with E-state index in [1.807, 2.05) is 54.6 Å². The number of thiophene rings is 1. The maximum atomic E-state index is 9.83. The molecule has 136 valence electrons. The number of rotatable bonds is 6. The lowest BCUT2D eigenvalue weighted by Gasteiger charge is -2.17. The SMILES string of the molecule is COc1ccc(-c2cc3c(N[C@H](CO)c4ccccc4)ncnc3s2)cc1. The van der Waals surface area contributed by atoms with Crippen molar-refractivity contribution in [3.8, 4) is 16.2 Å². The van der Waals surface area contributed by atoms with E-state index in [1.54, 1.807) is 24.8 Å². The van der Waals surface area contributed by atoms with E-state index in [4.69, 9.17) is 4.74 Å². The largest absolute Gasteiger partial charge is 0.497 e. The molecule has 4 aromatic rings. The summed E-state index contributed by atoms with van der Waals surface area (Å²) in [6, 6.07) is 19.7. The number of nitrogens with one attached hydrogen (secondary N) is 1. The third-order valence-corrected chi connectivity index (χ3v) is 5.49. The number of aliphatic hydroxyl groups excluding tert-OH is 1. The Balaban J connectivity index is 1.68.